The van der Waals surface area contributed by atoms with E-state index in [1.54, 1.807) is 26.0 Å². The Hall–Kier alpha value is -2.63. The lowest BCUT2D eigenvalue weighted by atomic mass is 9.67. The first-order valence-corrected chi connectivity index (χ1v) is 9.93. The number of hydrogen-bond donors (Lipinski definition) is 1. The van der Waals surface area contributed by atoms with E-state index in [4.69, 9.17) is 9.47 Å². The average molecular weight is 399 g/mol. The molecule has 156 valence electrons. The van der Waals surface area contributed by atoms with E-state index in [1.165, 1.54) is 13.2 Å². The van der Waals surface area contributed by atoms with Crippen molar-refractivity contribution < 1.29 is 24.2 Å². The van der Waals surface area contributed by atoms with E-state index in [-0.39, 0.29) is 23.1 Å². The van der Waals surface area contributed by atoms with Crippen LogP contribution >= 0.6 is 0 Å². The van der Waals surface area contributed by atoms with Crippen LogP contribution in [-0.2, 0) is 14.3 Å². The van der Waals surface area contributed by atoms with Crippen LogP contribution in [-0.4, -0.2) is 35.8 Å². The van der Waals surface area contributed by atoms with Gasteiger partial charge in [-0.25, -0.2) is 0 Å². The number of phenolic OH excluding ortho intramolecular Hbond substituents is 1. The van der Waals surface area contributed by atoms with Crippen molar-refractivity contribution in [1.82, 2.24) is 0 Å². The van der Waals surface area contributed by atoms with Crippen LogP contribution in [0.4, 0.5) is 0 Å². The van der Waals surface area contributed by atoms with Crippen molar-refractivity contribution in [2.24, 2.45) is 16.3 Å². The van der Waals surface area contributed by atoms with Crippen molar-refractivity contribution in [3.63, 3.8) is 0 Å². The highest BCUT2D eigenvalue weighted by atomic mass is 16.5. The maximum atomic E-state index is 13.2. The Labute approximate surface area is 171 Å². The summed E-state index contributed by atoms with van der Waals surface area (Å²) in [5, 5.41) is 10.0. The molecule has 3 rings (SSSR count). The molecule has 0 spiro atoms. The second kappa shape index (κ2) is 7.65. The van der Waals surface area contributed by atoms with Crippen LogP contribution in [0.3, 0.4) is 0 Å². The van der Waals surface area contributed by atoms with Gasteiger partial charge in [0.15, 0.2) is 17.3 Å². The first kappa shape index (κ1) is 21.1. The molecule has 29 heavy (non-hydrogen) atoms. The summed E-state index contributed by atoms with van der Waals surface area (Å²) in [6.45, 7) is 9.51. The number of aliphatic imine (C=N–C) groups is 1. The molecule has 0 amide bonds. The molecule has 2 aliphatic rings. The van der Waals surface area contributed by atoms with Crippen LogP contribution in [0.25, 0.3) is 0 Å². The second-order valence-corrected chi connectivity index (χ2v) is 8.93. The van der Waals surface area contributed by atoms with Crippen LogP contribution in [0.5, 0.6) is 11.5 Å². The second-order valence-electron chi connectivity index (χ2n) is 8.93. The minimum atomic E-state index is -0.699. The molecule has 0 radical (unpaired) electrons. The Morgan fingerprint density at radius 3 is 2.59 bits per heavy atom. The van der Waals surface area contributed by atoms with Crippen molar-refractivity contribution >= 4 is 17.5 Å². The molecule has 0 saturated heterocycles. The van der Waals surface area contributed by atoms with E-state index in [1.807, 2.05) is 6.92 Å². The molecule has 1 aromatic carbocycles. The topological polar surface area (TPSA) is 85.2 Å². The maximum Gasteiger partial charge on any atom is 0.315 e. The Bertz CT molecular complexity index is 910. The third kappa shape index (κ3) is 4.07. The molecule has 1 aliphatic heterocycles. The molecule has 1 N–H and O–H groups in total. The zero-order chi connectivity index (χ0) is 21.5. The Kier molecular flexibility index (Phi) is 5.57. The van der Waals surface area contributed by atoms with Gasteiger partial charge in [-0.1, -0.05) is 19.9 Å². The molecular weight excluding hydrogens is 370 g/mol. The number of nitrogens with zero attached hydrogens (tertiary/aromatic N) is 1. The fourth-order valence-electron chi connectivity index (χ4n) is 4.30. The monoisotopic (exact) mass is 399 g/mol. The van der Waals surface area contributed by atoms with Gasteiger partial charge < -0.3 is 14.6 Å². The van der Waals surface area contributed by atoms with Gasteiger partial charge in [-0.05, 0) is 50.3 Å². The standard InChI is InChI=1S/C23H29NO5/c1-12(2)29-22(27)19-13(3)24-15-10-23(4,5)11-17(26)21(15)20(19)14-7-8-16(25)18(9-14)28-6/h7-9,12,19-20,25H,10-11H2,1-6H3/t19?,20-/m0/s1. The number of aromatic hydroxyl groups is 1. The van der Waals surface area contributed by atoms with E-state index >= 15 is 0 Å². The van der Waals surface area contributed by atoms with Crippen LogP contribution in [0.1, 0.15) is 58.9 Å². The minimum absolute atomic E-state index is 0.00376. The van der Waals surface area contributed by atoms with E-state index in [9.17, 15) is 14.7 Å². The fraction of sp³-hybridized carbons (Fsp3) is 0.522. The number of phenols is 1. The van der Waals surface area contributed by atoms with E-state index in [0.717, 1.165) is 11.3 Å². The summed E-state index contributed by atoms with van der Waals surface area (Å²) in [6.07, 6.45) is 0.794. The zero-order valence-corrected chi connectivity index (χ0v) is 17.9. The number of ketones is 1. The number of methoxy groups -OCH3 is 1. The largest absolute Gasteiger partial charge is 0.504 e. The van der Waals surface area contributed by atoms with Gasteiger partial charge in [0.1, 0.15) is 5.92 Å². The van der Waals surface area contributed by atoms with Gasteiger partial charge in [-0.2, -0.15) is 0 Å². The molecule has 1 aromatic rings. The zero-order valence-electron chi connectivity index (χ0n) is 17.9. The third-order valence-electron chi connectivity index (χ3n) is 5.47. The first-order chi connectivity index (χ1) is 13.5. The quantitative estimate of drug-likeness (QED) is 0.768. The third-order valence-corrected chi connectivity index (χ3v) is 5.47. The van der Waals surface area contributed by atoms with Gasteiger partial charge in [0.05, 0.1) is 13.2 Å². The average Bonchev–Trinajstić information content (AvgIpc) is 2.59. The molecule has 0 fully saturated rings. The maximum absolute atomic E-state index is 13.2. The summed E-state index contributed by atoms with van der Waals surface area (Å²) < 4.78 is 10.8. The van der Waals surface area contributed by atoms with E-state index < -0.39 is 17.8 Å². The van der Waals surface area contributed by atoms with Crippen molar-refractivity contribution in [3.8, 4) is 11.5 Å². The molecule has 0 saturated carbocycles. The number of esters is 1. The van der Waals surface area contributed by atoms with Gasteiger partial charge in [0, 0.05) is 29.3 Å². The van der Waals surface area contributed by atoms with Gasteiger partial charge in [-0.3, -0.25) is 14.6 Å². The molecule has 0 bridgehead atoms. The number of carbonyl (C=O) groups excluding carboxylic acids is 2. The number of ether oxygens (including phenoxy) is 2. The molecule has 1 aliphatic carbocycles. The fourth-order valence-corrected chi connectivity index (χ4v) is 4.30. The normalized spacial score (nSPS) is 23.6. The molecule has 2 atom stereocenters. The van der Waals surface area contributed by atoms with Gasteiger partial charge in [0.2, 0.25) is 0 Å². The Balaban J connectivity index is 2.19. The molecule has 1 heterocycles. The number of carbonyl (C=O) groups is 2. The number of hydrogen-bond acceptors (Lipinski definition) is 6. The lowest BCUT2D eigenvalue weighted by Gasteiger charge is -2.39. The molecule has 6 nitrogen and oxygen atoms in total. The van der Waals surface area contributed by atoms with E-state index in [0.29, 0.717) is 29.9 Å². The number of allylic oxidation sites excluding steroid dienone is 2. The van der Waals surface area contributed by atoms with Crippen LogP contribution < -0.4 is 4.74 Å². The first-order valence-electron chi connectivity index (χ1n) is 9.93. The van der Waals surface area contributed by atoms with Crippen molar-refractivity contribution in [3.05, 3.63) is 35.0 Å². The molecule has 0 aromatic heterocycles. The van der Waals surface area contributed by atoms with Crippen molar-refractivity contribution in [2.75, 3.05) is 7.11 Å². The Morgan fingerprint density at radius 2 is 1.97 bits per heavy atom. The van der Waals surface area contributed by atoms with Crippen molar-refractivity contribution in [2.45, 2.75) is 59.5 Å². The number of rotatable bonds is 4. The summed E-state index contributed by atoms with van der Waals surface area (Å²) in [5.41, 5.74) is 2.50. The summed E-state index contributed by atoms with van der Waals surface area (Å²) >= 11 is 0. The van der Waals surface area contributed by atoms with Gasteiger partial charge >= 0.3 is 5.97 Å². The highest BCUT2D eigenvalue weighted by Gasteiger charge is 2.46. The van der Waals surface area contributed by atoms with Crippen LogP contribution in [0.2, 0.25) is 0 Å². The number of Topliss-reactive ketones (excluding diaryl/α,β-unsaturated/α-hetero) is 1. The summed E-state index contributed by atoms with van der Waals surface area (Å²) in [4.78, 5) is 30.9. The van der Waals surface area contributed by atoms with Crippen molar-refractivity contribution in [1.29, 1.82) is 0 Å². The highest BCUT2D eigenvalue weighted by molar-refractivity contribution is 6.09. The Morgan fingerprint density at radius 1 is 1.28 bits per heavy atom. The van der Waals surface area contributed by atoms with Crippen LogP contribution in [0, 0.1) is 11.3 Å². The van der Waals surface area contributed by atoms with Gasteiger partial charge in [-0.15, -0.1) is 0 Å². The minimum Gasteiger partial charge on any atom is -0.504 e. The SMILES string of the molecule is COc1cc([C@@H]2C3=C(CC(C)(C)CC3=O)N=C(C)C2C(=O)OC(C)C)ccc1O. The van der Waals surface area contributed by atoms with E-state index in [2.05, 4.69) is 18.8 Å². The summed E-state index contributed by atoms with van der Waals surface area (Å²) in [5.74, 6) is -1.31. The predicted molar refractivity (Wildman–Crippen MR) is 110 cm³/mol. The lowest BCUT2D eigenvalue weighted by Crippen LogP contribution is -2.40. The predicted octanol–water partition coefficient (Wildman–Crippen LogP) is 4.17. The van der Waals surface area contributed by atoms with Crippen LogP contribution in [0.15, 0.2) is 34.5 Å². The summed E-state index contributed by atoms with van der Waals surface area (Å²) in [7, 11) is 1.47. The highest BCUT2D eigenvalue weighted by Crippen LogP contribution is 2.48. The number of benzene rings is 1. The molecule has 6 heteroatoms. The van der Waals surface area contributed by atoms with Gasteiger partial charge in [0.25, 0.3) is 0 Å². The smallest absolute Gasteiger partial charge is 0.315 e. The lowest BCUT2D eigenvalue weighted by molar-refractivity contribution is -0.150. The summed E-state index contributed by atoms with van der Waals surface area (Å²) in [6, 6.07) is 4.94. The molecular formula is C23H29NO5. The molecule has 1 unspecified atom stereocenters.